The van der Waals surface area contributed by atoms with Crippen molar-refractivity contribution in [3.8, 4) is 0 Å². The second-order valence-electron chi connectivity index (χ2n) is 4.37. The molecule has 0 aromatic heterocycles. The van der Waals surface area contributed by atoms with E-state index in [4.69, 9.17) is 5.73 Å². The maximum Gasteiger partial charge on any atom is 0.137 e. The lowest BCUT2D eigenvalue weighted by atomic mass is 10.1. The number of hydrogen-bond donors (Lipinski definition) is 1. The monoisotopic (exact) mass is 261 g/mol. The van der Waals surface area contributed by atoms with Gasteiger partial charge in [-0.05, 0) is 37.6 Å². The van der Waals surface area contributed by atoms with E-state index in [1.165, 1.54) is 23.4 Å². The molecule has 0 saturated carbocycles. The zero-order valence-electron chi connectivity index (χ0n) is 10.5. The molecule has 3 heteroatoms. The lowest BCUT2D eigenvalue weighted by Gasteiger charge is -2.13. The van der Waals surface area contributed by atoms with Crippen LogP contribution in [0.5, 0.6) is 0 Å². The fourth-order valence-electron chi connectivity index (χ4n) is 1.79. The molecule has 2 N–H and O–H groups in total. The summed E-state index contributed by atoms with van der Waals surface area (Å²) in [5, 5.41) is 0. The molecule has 1 atom stereocenters. The van der Waals surface area contributed by atoms with Crippen molar-refractivity contribution in [3.05, 3.63) is 59.4 Å². The second kappa shape index (κ2) is 5.55. The summed E-state index contributed by atoms with van der Waals surface area (Å²) in [6.45, 7) is 3.90. The van der Waals surface area contributed by atoms with Crippen LogP contribution in [0.25, 0.3) is 0 Å². The number of hydrogen-bond acceptors (Lipinski definition) is 2. The molecule has 0 bridgehead atoms. The van der Waals surface area contributed by atoms with Gasteiger partial charge >= 0.3 is 0 Å². The van der Waals surface area contributed by atoms with Crippen molar-refractivity contribution in [1.82, 2.24) is 0 Å². The van der Waals surface area contributed by atoms with Gasteiger partial charge in [0.2, 0.25) is 0 Å². The molecule has 0 aliphatic rings. The van der Waals surface area contributed by atoms with Gasteiger partial charge in [0.15, 0.2) is 0 Å². The zero-order valence-corrected chi connectivity index (χ0v) is 11.3. The van der Waals surface area contributed by atoms with E-state index in [9.17, 15) is 4.39 Å². The topological polar surface area (TPSA) is 26.0 Å². The molecular formula is C15H16FNS. The summed E-state index contributed by atoms with van der Waals surface area (Å²) in [7, 11) is 0. The Labute approximate surface area is 111 Å². The highest BCUT2D eigenvalue weighted by atomic mass is 32.2. The molecule has 18 heavy (non-hydrogen) atoms. The molecular weight excluding hydrogens is 245 g/mol. The standard InChI is InChI=1S/C15H16FNS/c1-10-5-3-6-12(9-10)18-15-13(11(2)17)7-4-8-14(15)16/h3-9,11H,17H2,1-2H3/t11-/m1/s1. The summed E-state index contributed by atoms with van der Waals surface area (Å²) in [5.74, 6) is -0.212. The molecule has 0 amide bonds. The van der Waals surface area contributed by atoms with Crippen LogP contribution in [0.15, 0.2) is 52.3 Å². The summed E-state index contributed by atoms with van der Waals surface area (Å²) >= 11 is 1.43. The minimum Gasteiger partial charge on any atom is -0.324 e. The highest BCUT2D eigenvalue weighted by molar-refractivity contribution is 7.99. The van der Waals surface area contributed by atoms with Crippen LogP contribution >= 0.6 is 11.8 Å². The van der Waals surface area contributed by atoms with E-state index in [0.717, 1.165) is 10.5 Å². The van der Waals surface area contributed by atoms with Gasteiger partial charge in [0.1, 0.15) is 5.82 Å². The first-order valence-corrected chi connectivity index (χ1v) is 6.68. The van der Waals surface area contributed by atoms with Gasteiger partial charge in [-0.25, -0.2) is 4.39 Å². The Morgan fingerprint density at radius 2 is 1.89 bits per heavy atom. The molecule has 0 spiro atoms. The number of rotatable bonds is 3. The summed E-state index contributed by atoms with van der Waals surface area (Å²) in [6.07, 6.45) is 0. The summed E-state index contributed by atoms with van der Waals surface area (Å²) in [6, 6.07) is 12.9. The van der Waals surface area contributed by atoms with E-state index in [-0.39, 0.29) is 11.9 Å². The molecule has 94 valence electrons. The van der Waals surface area contributed by atoms with Crippen molar-refractivity contribution in [2.24, 2.45) is 5.73 Å². The van der Waals surface area contributed by atoms with Crippen LogP contribution in [0.2, 0.25) is 0 Å². The van der Waals surface area contributed by atoms with Crippen molar-refractivity contribution in [1.29, 1.82) is 0 Å². The van der Waals surface area contributed by atoms with E-state index in [1.807, 2.05) is 44.2 Å². The molecule has 0 saturated heterocycles. The van der Waals surface area contributed by atoms with Gasteiger partial charge in [-0.15, -0.1) is 0 Å². The first-order chi connectivity index (χ1) is 8.58. The van der Waals surface area contributed by atoms with Gasteiger partial charge in [0.05, 0.1) is 4.90 Å². The Morgan fingerprint density at radius 3 is 2.56 bits per heavy atom. The minimum absolute atomic E-state index is 0.173. The highest BCUT2D eigenvalue weighted by Crippen LogP contribution is 2.35. The van der Waals surface area contributed by atoms with E-state index in [0.29, 0.717) is 4.90 Å². The van der Waals surface area contributed by atoms with Crippen molar-refractivity contribution in [3.63, 3.8) is 0 Å². The Morgan fingerprint density at radius 1 is 1.17 bits per heavy atom. The van der Waals surface area contributed by atoms with Gasteiger partial charge in [0.25, 0.3) is 0 Å². The molecule has 2 rings (SSSR count). The van der Waals surface area contributed by atoms with Crippen LogP contribution in [0.4, 0.5) is 4.39 Å². The normalized spacial score (nSPS) is 12.4. The third-order valence-electron chi connectivity index (χ3n) is 2.70. The van der Waals surface area contributed by atoms with E-state index >= 15 is 0 Å². The van der Waals surface area contributed by atoms with Gasteiger partial charge in [-0.3, -0.25) is 0 Å². The SMILES string of the molecule is Cc1cccc(Sc2c(F)cccc2[C@@H](C)N)c1. The van der Waals surface area contributed by atoms with Crippen LogP contribution in [-0.4, -0.2) is 0 Å². The van der Waals surface area contributed by atoms with Crippen molar-refractivity contribution in [2.45, 2.75) is 29.7 Å². The van der Waals surface area contributed by atoms with Gasteiger partial charge in [-0.1, -0.05) is 41.6 Å². The van der Waals surface area contributed by atoms with Crippen LogP contribution < -0.4 is 5.73 Å². The molecule has 0 aliphatic heterocycles. The number of halogens is 1. The number of aryl methyl sites for hydroxylation is 1. The first kappa shape index (κ1) is 13.1. The Hall–Kier alpha value is -1.32. The Balaban J connectivity index is 2.39. The Bertz CT molecular complexity index is 552. The molecule has 1 nitrogen and oxygen atoms in total. The third-order valence-corrected chi connectivity index (χ3v) is 3.82. The summed E-state index contributed by atoms with van der Waals surface area (Å²) in [5.41, 5.74) is 7.90. The molecule has 0 heterocycles. The van der Waals surface area contributed by atoms with Gasteiger partial charge < -0.3 is 5.73 Å². The smallest absolute Gasteiger partial charge is 0.137 e. The third kappa shape index (κ3) is 2.92. The van der Waals surface area contributed by atoms with Gasteiger partial charge in [-0.2, -0.15) is 0 Å². The molecule has 0 unspecified atom stereocenters. The fraction of sp³-hybridized carbons (Fsp3) is 0.200. The second-order valence-corrected chi connectivity index (χ2v) is 5.45. The molecule has 2 aromatic rings. The van der Waals surface area contributed by atoms with Crippen LogP contribution in [0.3, 0.4) is 0 Å². The predicted octanol–water partition coefficient (Wildman–Crippen LogP) is 4.31. The lowest BCUT2D eigenvalue weighted by molar-refractivity contribution is 0.591. The number of nitrogens with two attached hydrogens (primary N) is 1. The highest BCUT2D eigenvalue weighted by Gasteiger charge is 2.12. The van der Waals surface area contributed by atoms with Crippen LogP contribution in [0, 0.1) is 12.7 Å². The summed E-state index contributed by atoms with van der Waals surface area (Å²) < 4.78 is 13.9. The van der Waals surface area contributed by atoms with E-state index < -0.39 is 0 Å². The summed E-state index contributed by atoms with van der Waals surface area (Å²) in [4.78, 5) is 1.65. The van der Waals surface area contributed by atoms with E-state index in [2.05, 4.69) is 0 Å². The predicted molar refractivity (Wildman–Crippen MR) is 74.3 cm³/mol. The quantitative estimate of drug-likeness (QED) is 0.891. The maximum atomic E-state index is 13.9. The van der Waals surface area contributed by atoms with Crippen molar-refractivity contribution >= 4 is 11.8 Å². The van der Waals surface area contributed by atoms with E-state index in [1.54, 1.807) is 6.07 Å². The van der Waals surface area contributed by atoms with Crippen molar-refractivity contribution < 1.29 is 4.39 Å². The fourth-order valence-corrected chi connectivity index (χ4v) is 2.95. The first-order valence-electron chi connectivity index (χ1n) is 5.86. The Kier molecular flexibility index (Phi) is 4.04. The maximum absolute atomic E-state index is 13.9. The minimum atomic E-state index is -0.212. The largest absolute Gasteiger partial charge is 0.324 e. The van der Waals surface area contributed by atoms with Crippen LogP contribution in [0.1, 0.15) is 24.1 Å². The average Bonchev–Trinajstić information content (AvgIpc) is 2.31. The molecule has 0 radical (unpaired) electrons. The van der Waals surface area contributed by atoms with Crippen LogP contribution in [-0.2, 0) is 0 Å². The molecule has 0 fully saturated rings. The molecule has 2 aromatic carbocycles. The van der Waals surface area contributed by atoms with Gasteiger partial charge in [0, 0.05) is 10.9 Å². The molecule has 0 aliphatic carbocycles. The number of benzene rings is 2. The average molecular weight is 261 g/mol. The van der Waals surface area contributed by atoms with Crippen molar-refractivity contribution in [2.75, 3.05) is 0 Å². The lowest BCUT2D eigenvalue weighted by Crippen LogP contribution is -2.07. The zero-order chi connectivity index (χ0) is 13.1.